The van der Waals surface area contributed by atoms with E-state index in [-0.39, 0.29) is 5.91 Å². The van der Waals surface area contributed by atoms with E-state index in [1.807, 2.05) is 48.1 Å². The number of carbonyl (C=O) groups excluding carboxylic acids is 1. The predicted octanol–water partition coefficient (Wildman–Crippen LogP) is 2.93. The van der Waals surface area contributed by atoms with Crippen LogP contribution in [0.25, 0.3) is 6.08 Å². The molecule has 1 aromatic heterocycles. The molecule has 0 aliphatic heterocycles. The number of nitrogens with zero attached hydrogens (tertiary/aromatic N) is 1. The molecule has 0 fully saturated rings. The molecule has 0 saturated heterocycles. The summed E-state index contributed by atoms with van der Waals surface area (Å²) in [7, 11) is 1.88. The van der Waals surface area contributed by atoms with Crippen molar-refractivity contribution < 1.29 is 9.90 Å². The normalized spacial score (nSPS) is 12.5. The molecule has 1 atom stereocenters. The Hall–Kier alpha value is -2.04. The van der Waals surface area contributed by atoms with Gasteiger partial charge in [-0.1, -0.05) is 29.8 Å². The van der Waals surface area contributed by atoms with Gasteiger partial charge < -0.3 is 15.0 Å². The first-order chi connectivity index (χ1) is 10.6. The van der Waals surface area contributed by atoms with Crippen molar-refractivity contribution in [1.82, 2.24) is 9.88 Å². The van der Waals surface area contributed by atoms with Crippen LogP contribution in [0.3, 0.4) is 0 Å². The lowest BCUT2D eigenvalue weighted by Gasteiger charge is -2.12. The summed E-state index contributed by atoms with van der Waals surface area (Å²) < 4.78 is 1.86. The van der Waals surface area contributed by atoms with Gasteiger partial charge in [0, 0.05) is 36.6 Å². The number of aliphatic hydroxyl groups is 1. The second-order valence-electron chi connectivity index (χ2n) is 4.99. The van der Waals surface area contributed by atoms with Crippen molar-refractivity contribution in [3.8, 4) is 0 Å². The Morgan fingerprint density at radius 3 is 2.82 bits per heavy atom. The molecular weight excluding hydrogens is 300 g/mol. The molecule has 0 unspecified atom stereocenters. The Balaban J connectivity index is 1.79. The summed E-state index contributed by atoms with van der Waals surface area (Å²) in [5.74, 6) is -0.209. The molecule has 4 nitrogen and oxygen atoms in total. The molecule has 0 radical (unpaired) electrons. The predicted molar refractivity (Wildman–Crippen MR) is 88.5 cm³/mol. The van der Waals surface area contributed by atoms with Gasteiger partial charge in [0.25, 0.3) is 0 Å². The van der Waals surface area contributed by atoms with Crippen molar-refractivity contribution >= 4 is 23.6 Å². The summed E-state index contributed by atoms with van der Waals surface area (Å²) in [6.07, 6.45) is 4.86. The van der Waals surface area contributed by atoms with Crippen LogP contribution in [0, 0.1) is 0 Å². The number of amides is 1. The second-order valence-corrected chi connectivity index (χ2v) is 5.40. The molecule has 1 heterocycles. The number of benzene rings is 1. The van der Waals surface area contributed by atoms with Crippen LogP contribution in [0.5, 0.6) is 0 Å². The molecule has 0 bridgehead atoms. The number of rotatable bonds is 6. The fourth-order valence-electron chi connectivity index (χ4n) is 2.14. The smallest absolute Gasteiger partial charge is 0.244 e. The van der Waals surface area contributed by atoms with E-state index in [2.05, 4.69) is 5.32 Å². The number of hydrogen-bond donors (Lipinski definition) is 2. The van der Waals surface area contributed by atoms with Crippen LogP contribution in [0.15, 0.2) is 48.7 Å². The van der Waals surface area contributed by atoms with Crippen molar-refractivity contribution in [2.24, 2.45) is 7.05 Å². The standard InChI is InChI=1S/C17H19ClN2O2/c1-20-12-4-7-15(20)16(21)10-11-19-17(22)9-8-13-5-2-3-6-14(13)18/h2-9,12,16,21H,10-11H2,1H3,(H,19,22)/b9-8+/t16-/m1/s1. The Morgan fingerprint density at radius 2 is 2.14 bits per heavy atom. The van der Waals surface area contributed by atoms with Crippen molar-refractivity contribution in [2.45, 2.75) is 12.5 Å². The molecular formula is C17H19ClN2O2. The Morgan fingerprint density at radius 1 is 1.36 bits per heavy atom. The molecule has 0 spiro atoms. The minimum absolute atomic E-state index is 0.209. The molecule has 22 heavy (non-hydrogen) atoms. The van der Waals surface area contributed by atoms with Crippen LogP contribution in [-0.4, -0.2) is 22.1 Å². The molecule has 2 rings (SSSR count). The summed E-state index contributed by atoms with van der Waals surface area (Å²) in [5.41, 5.74) is 1.63. The highest BCUT2D eigenvalue weighted by molar-refractivity contribution is 6.32. The number of aliphatic hydroxyl groups excluding tert-OH is 1. The fourth-order valence-corrected chi connectivity index (χ4v) is 2.33. The molecule has 2 N–H and O–H groups in total. The van der Waals surface area contributed by atoms with Gasteiger partial charge >= 0.3 is 0 Å². The molecule has 0 aliphatic rings. The van der Waals surface area contributed by atoms with E-state index in [0.717, 1.165) is 11.3 Å². The molecule has 5 heteroatoms. The van der Waals surface area contributed by atoms with Crippen LogP contribution >= 0.6 is 11.6 Å². The lowest BCUT2D eigenvalue weighted by Crippen LogP contribution is -2.23. The van der Waals surface area contributed by atoms with Gasteiger partial charge in [0.2, 0.25) is 5.91 Å². The topological polar surface area (TPSA) is 54.3 Å². The first-order valence-corrected chi connectivity index (χ1v) is 7.45. The van der Waals surface area contributed by atoms with Crippen LogP contribution in [-0.2, 0) is 11.8 Å². The summed E-state index contributed by atoms with van der Waals surface area (Å²) in [4.78, 5) is 11.7. The minimum atomic E-state index is -0.590. The monoisotopic (exact) mass is 318 g/mol. The zero-order valence-electron chi connectivity index (χ0n) is 12.4. The summed E-state index contributed by atoms with van der Waals surface area (Å²) in [5, 5.41) is 13.4. The van der Waals surface area contributed by atoms with Crippen LogP contribution < -0.4 is 5.32 Å². The second kappa shape index (κ2) is 7.82. The van der Waals surface area contributed by atoms with Gasteiger partial charge in [-0.2, -0.15) is 0 Å². The number of halogens is 1. The minimum Gasteiger partial charge on any atom is -0.387 e. The molecule has 116 valence electrons. The fraction of sp³-hybridized carbons (Fsp3) is 0.235. The zero-order chi connectivity index (χ0) is 15.9. The van der Waals surface area contributed by atoms with Gasteiger partial charge in [0.1, 0.15) is 0 Å². The summed E-state index contributed by atoms with van der Waals surface area (Å²) in [6.45, 7) is 0.401. The third-order valence-corrected chi connectivity index (χ3v) is 3.71. The van der Waals surface area contributed by atoms with Crippen LogP contribution in [0.4, 0.5) is 0 Å². The Bertz CT molecular complexity index is 664. The molecule has 0 aliphatic carbocycles. The summed E-state index contributed by atoms with van der Waals surface area (Å²) in [6, 6.07) is 11.1. The van der Waals surface area contributed by atoms with E-state index in [1.54, 1.807) is 12.1 Å². The van der Waals surface area contributed by atoms with Crippen LogP contribution in [0.1, 0.15) is 23.8 Å². The number of nitrogens with one attached hydrogen (secondary N) is 1. The number of carbonyl (C=O) groups is 1. The maximum Gasteiger partial charge on any atom is 0.244 e. The maximum atomic E-state index is 11.7. The average molecular weight is 319 g/mol. The number of aromatic nitrogens is 1. The summed E-state index contributed by atoms with van der Waals surface area (Å²) >= 11 is 6.01. The van der Waals surface area contributed by atoms with E-state index in [9.17, 15) is 9.90 Å². The SMILES string of the molecule is Cn1cccc1[C@H](O)CCNC(=O)/C=C/c1ccccc1Cl. The molecule has 1 amide bonds. The molecule has 1 aromatic carbocycles. The highest BCUT2D eigenvalue weighted by Gasteiger charge is 2.10. The lowest BCUT2D eigenvalue weighted by atomic mass is 10.2. The Labute approximate surface area is 135 Å². The first-order valence-electron chi connectivity index (χ1n) is 7.07. The van der Waals surface area contributed by atoms with Gasteiger partial charge in [-0.25, -0.2) is 0 Å². The zero-order valence-corrected chi connectivity index (χ0v) is 13.1. The molecule has 2 aromatic rings. The third-order valence-electron chi connectivity index (χ3n) is 3.36. The van der Waals surface area contributed by atoms with E-state index < -0.39 is 6.10 Å². The van der Waals surface area contributed by atoms with Gasteiger partial charge in [-0.15, -0.1) is 0 Å². The number of aryl methyl sites for hydroxylation is 1. The van der Waals surface area contributed by atoms with Crippen molar-refractivity contribution in [2.75, 3.05) is 6.54 Å². The van der Waals surface area contributed by atoms with Crippen molar-refractivity contribution in [1.29, 1.82) is 0 Å². The maximum absolute atomic E-state index is 11.7. The van der Waals surface area contributed by atoms with E-state index >= 15 is 0 Å². The van der Waals surface area contributed by atoms with Gasteiger partial charge in [-0.05, 0) is 36.3 Å². The Kier molecular flexibility index (Phi) is 5.81. The van der Waals surface area contributed by atoms with E-state index in [4.69, 9.17) is 11.6 Å². The van der Waals surface area contributed by atoms with Gasteiger partial charge in [0.05, 0.1) is 6.10 Å². The highest BCUT2D eigenvalue weighted by Crippen LogP contribution is 2.16. The average Bonchev–Trinajstić information content (AvgIpc) is 2.92. The van der Waals surface area contributed by atoms with Gasteiger partial charge in [0.15, 0.2) is 0 Å². The van der Waals surface area contributed by atoms with Gasteiger partial charge in [-0.3, -0.25) is 4.79 Å². The quantitative estimate of drug-likeness (QED) is 0.805. The van der Waals surface area contributed by atoms with Crippen molar-refractivity contribution in [3.05, 3.63) is 65.0 Å². The van der Waals surface area contributed by atoms with Crippen LogP contribution in [0.2, 0.25) is 5.02 Å². The van der Waals surface area contributed by atoms with E-state index in [0.29, 0.717) is 18.0 Å². The number of hydrogen-bond acceptors (Lipinski definition) is 2. The van der Waals surface area contributed by atoms with Crippen molar-refractivity contribution in [3.63, 3.8) is 0 Å². The largest absolute Gasteiger partial charge is 0.387 e. The first kappa shape index (κ1) is 16.3. The van der Waals surface area contributed by atoms with E-state index in [1.165, 1.54) is 6.08 Å². The molecule has 0 saturated carbocycles. The lowest BCUT2D eigenvalue weighted by molar-refractivity contribution is -0.116. The third kappa shape index (κ3) is 4.48. The highest BCUT2D eigenvalue weighted by atomic mass is 35.5.